The highest BCUT2D eigenvalue weighted by Gasteiger charge is 2.18. The summed E-state index contributed by atoms with van der Waals surface area (Å²) in [6.07, 6.45) is 1.79. The molecule has 1 unspecified atom stereocenters. The van der Waals surface area contributed by atoms with Crippen molar-refractivity contribution in [1.29, 1.82) is 0 Å². The van der Waals surface area contributed by atoms with Crippen LogP contribution in [0.5, 0.6) is 0 Å². The van der Waals surface area contributed by atoms with E-state index in [1.807, 2.05) is 12.1 Å². The molecule has 0 saturated heterocycles. The maximum Gasteiger partial charge on any atom is 0.326 e. The number of H-pyrrole nitrogens is 1. The lowest BCUT2D eigenvalue weighted by atomic mass is 10.2. The predicted molar refractivity (Wildman–Crippen MR) is 56.5 cm³/mol. The average Bonchev–Trinajstić information content (AvgIpc) is 2.86. The first-order chi connectivity index (χ1) is 7.18. The number of carboxylic acids is 1. The summed E-state index contributed by atoms with van der Waals surface area (Å²) in [5.41, 5.74) is 6.69. The molecule has 2 aromatic heterocycles. The van der Waals surface area contributed by atoms with Crippen molar-refractivity contribution >= 4 is 17.3 Å². The molecule has 0 aliphatic carbocycles. The van der Waals surface area contributed by atoms with E-state index in [-0.39, 0.29) is 0 Å². The quantitative estimate of drug-likeness (QED) is 0.729. The van der Waals surface area contributed by atoms with Crippen molar-refractivity contribution in [1.82, 2.24) is 9.97 Å². The third-order valence-corrected chi connectivity index (χ3v) is 2.83. The Morgan fingerprint density at radius 2 is 2.47 bits per heavy atom. The highest BCUT2D eigenvalue weighted by atomic mass is 32.1. The number of thiazole rings is 1. The molecule has 0 saturated carbocycles. The van der Waals surface area contributed by atoms with Crippen LogP contribution < -0.4 is 5.73 Å². The number of nitrogens with two attached hydrogens (primary N) is 1. The lowest BCUT2D eigenvalue weighted by Crippen LogP contribution is -2.20. The van der Waals surface area contributed by atoms with Gasteiger partial charge in [-0.15, -0.1) is 11.3 Å². The van der Waals surface area contributed by atoms with Gasteiger partial charge >= 0.3 is 5.97 Å². The fourth-order valence-corrected chi connectivity index (χ4v) is 1.99. The molecular formula is C9H9N3O2S. The molecule has 1 atom stereocenters. The highest BCUT2D eigenvalue weighted by Crippen LogP contribution is 2.24. The third kappa shape index (κ3) is 1.90. The minimum Gasteiger partial charge on any atom is -0.480 e. The molecule has 6 heteroatoms. The summed E-state index contributed by atoms with van der Waals surface area (Å²) in [7, 11) is 0. The molecule has 2 aromatic rings. The second-order valence-electron chi connectivity index (χ2n) is 2.98. The van der Waals surface area contributed by atoms with E-state index in [1.165, 1.54) is 11.3 Å². The molecule has 2 rings (SSSR count). The minimum absolute atomic E-state index is 0.386. The Balaban J connectivity index is 2.28. The molecule has 78 valence electrons. The largest absolute Gasteiger partial charge is 0.480 e. The van der Waals surface area contributed by atoms with Crippen LogP contribution in [0.1, 0.15) is 11.7 Å². The van der Waals surface area contributed by atoms with Gasteiger partial charge in [-0.3, -0.25) is 4.79 Å². The number of aromatic amines is 1. The molecule has 0 aromatic carbocycles. The number of hydrogen-bond donors (Lipinski definition) is 3. The predicted octanol–water partition coefficient (Wildman–Crippen LogP) is 1.22. The third-order valence-electron chi connectivity index (χ3n) is 1.94. The molecule has 2 heterocycles. The average molecular weight is 223 g/mol. The Morgan fingerprint density at radius 3 is 3.07 bits per heavy atom. The molecule has 5 nitrogen and oxygen atoms in total. The molecule has 0 aliphatic heterocycles. The molecule has 0 spiro atoms. The molecule has 0 radical (unpaired) electrons. The van der Waals surface area contributed by atoms with Gasteiger partial charge in [0.2, 0.25) is 0 Å². The standard InChI is InChI=1S/C9H9N3O2S/c10-7(9(13)14)6-4-15-8(12-6)5-2-1-3-11-5/h1-4,7,11H,10H2,(H,13,14). The van der Waals surface area contributed by atoms with Gasteiger partial charge < -0.3 is 15.8 Å². The molecule has 0 amide bonds. The lowest BCUT2D eigenvalue weighted by molar-refractivity contribution is -0.138. The zero-order valence-corrected chi connectivity index (χ0v) is 8.49. The number of nitrogens with zero attached hydrogens (tertiary/aromatic N) is 1. The monoisotopic (exact) mass is 223 g/mol. The van der Waals surface area contributed by atoms with Gasteiger partial charge in [-0.1, -0.05) is 0 Å². The Morgan fingerprint density at radius 1 is 1.67 bits per heavy atom. The number of nitrogens with one attached hydrogen (secondary N) is 1. The number of rotatable bonds is 3. The smallest absolute Gasteiger partial charge is 0.326 e. The fraction of sp³-hybridized carbons (Fsp3) is 0.111. The molecule has 0 bridgehead atoms. The number of aromatic nitrogens is 2. The van der Waals surface area contributed by atoms with Crippen molar-refractivity contribution in [2.24, 2.45) is 5.73 Å². The zero-order valence-electron chi connectivity index (χ0n) is 7.68. The molecular weight excluding hydrogens is 214 g/mol. The summed E-state index contributed by atoms with van der Waals surface area (Å²) < 4.78 is 0. The SMILES string of the molecule is NC(C(=O)O)c1csc(-c2ccc[nH]2)n1. The second-order valence-corrected chi connectivity index (χ2v) is 3.84. The van der Waals surface area contributed by atoms with E-state index in [2.05, 4.69) is 9.97 Å². The molecule has 4 N–H and O–H groups in total. The van der Waals surface area contributed by atoms with Gasteiger partial charge in [-0.05, 0) is 12.1 Å². The van der Waals surface area contributed by atoms with Gasteiger partial charge in [0.05, 0.1) is 11.4 Å². The summed E-state index contributed by atoms with van der Waals surface area (Å²) in [6, 6.07) is 2.67. The normalized spacial score (nSPS) is 12.6. The number of hydrogen-bond acceptors (Lipinski definition) is 4. The van der Waals surface area contributed by atoms with Crippen molar-refractivity contribution in [3.63, 3.8) is 0 Å². The summed E-state index contributed by atoms with van der Waals surface area (Å²) in [5, 5.41) is 11.1. The van der Waals surface area contributed by atoms with Crippen molar-refractivity contribution in [2.45, 2.75) is 6.04 Å². The minimum atomic E-state index is -1.07. The van der Waals surface area contributed by atoms with E-state index in [4.69, 9.17) is 10.8 Å². The van der Waals surface area contributed by atoms with Crippen molar-refractivity contribution in [2.75, 3.05) is 0 Å². The highest BCUT2D eigenvalue weighted by molar-refractivity contribution is 7.13. The first kappa shape index (κ1) is 9.88. The Hall–Kier alpha value is -1.66. The van der Waals surface area contributed by atoms with Crippen molar-refractivity contribution in [3.8, 4) is 10.7 Å². The summed E-state index contributed by atoms with van der Waals surface area (Å²) in [6.45, 7) is 0. The van der Waals surface area contributed by atoms with E-state index in [0.29, 0.717) is 5.69 Å². The maximum atomic E-state index is 10.6. The van der Waals surface area contributed by atoms with Crippen LogP contribution >= 0.6 is 11.3 Å². The van der Waals surface area contributed by atoms with Gasteiger partial charge in [0.1, 0.15) is 11.0 Å². The van der Waals surface area contributed by atoms with Gasteiger partial charge in [-0.25, -0.2) is 4.98 Å². The lowest BCUT2D eigenvalue weighted by Gasteiger charge is -2.00. The molecule has 0 fully saturated rings. The van der Waals surface area contributed by atoms with Crippen LogP contribution in [0.3, 0.4) is 0 Å². The topological polar surface area (TPSA) is 92.0 Å². The Kier molecular flexibility index (Phi) is 2.53. The molecule has 0 aliphatic rings. The van der Waals surface area contributed by atoms with Gasteiger partial charge in [0.25, 0.3) is 0 Å². The van der Waals surface area contributed by atoms with Crippen LogP contribution in [0.15, 0.2) is 23.7 Å². The summed E-state index contributed by atoms with van der Waals surface area (Å²) in [4.78, 5) is 17.8. The van der Waals surface area contributed by atoms with Crippen molar-refractivity contribution < 1.29 is 9.90 Å². The van der Waals surface area contributed by atoms with Crippen molar-refractivity contribution in [3.05, 3.63) is 29.4 Å². The van der Waals surface area contributed by atoms with E-state index in [0.717, 1.165) is 10.7 Å². The van der Waals surface area contributed by atoms with Crippen LogP contribution in [0.4, 0.5) is 0 Å². The maximum absolute atomic E-state index is 10.6. The molecule has 15 heavy (non-hydrogen) atoms. The first-order valence-corrected chi connectivity index (χ1v) is 5.14. The summed E-state index contributed by atoms with van der Waals surface area (Å²) >= 11 is 1.37. The van der Waals surface area contributed by atoms with E-state index >= 15 is 0 Å². The fourth-order valence-electron chi connectivity index (χ4n) is 1.14. The van der Waals surface area contributed by atoms with Crippen LogP contribution in [0.25, 0.3) is 10.7 Å². The zero-order chi connectivity index (χ0) is 10.8. The van der Waals surface area contributed by atoms with E-state index in [9.17, 15) is 4.79 Å². The van der Waals surface area contributed by atoms with Gasteiger partial charge in [0, 0.05) is 11.6 Å². The van der Waals surface area contributed by atoms with Crippen LogP contribution in [0.2, 0.25) is 0 Å². The van der Waals surface area contributed by atoms with Crippen LogP contribution in [0, 0.1) is 0 Å². The van der Waals surface area contributed by atoms with E-state index in [1.54, 1.807) is 11.6 Å². The summed E-state index contributed by atoms with van der Waals surface area (Å²) in [5.74, 6) is -1.07. The number of carboxylic acid groups (broad SMARTS) is 1. The number of aliphatic carboxylic acids is 1. The Labute approximate surface area is 89.6 Å². The van der Waals surface area contributed by atoms with Gasteiger partial charge in [0.15, 0.2) is 0 Å². The number of carbonyl (C=O) groups is 1. The van der Waals surface area contributed by atoms with Crippen LogP contribution in [-0.4, -0.2) is 21.0 Å². The van der Waals surface area contributed by atoms with E-state index < -0.39 is 12.0 Å². The van der Waals surface area contributed by atoms with Gasteiger partial charge in [-0.2, -0.15) is 0 Å². The second kappa shape index (κ2) is 3.84. The van der Waals surface area contributed by atoms with Crippen LogP contribution in [-0.2, 0) is 4.79 Å². The Bertz CT molecular complexity index is 463. The first-order valence-electron chi connectivity index (χ1n) is 4.26.